The number of amides is 2. The number of anilines is 2. The Kier molecular flexibility index (Phi) is 5.50. The molecule has 2 aromatic carbocycles. The number of esters is 1. The molecule has 8 heteroatoms. The van der Waals surface area contributed by atoms with Crippen LogP contribution in [0.4, 0.5) is 10.8 Å². The fraction of sp³-hybridized carbons (Fsp3) is 0.273. The molecule has 0 saturated carbocycles. The van der Waals surface area contributed by atoms with E-state index in [0.29, 0.717) is 16.4 Å². The SMILES string of the molecule is CCc1ccc2nc(NC(=O)C3CC(=O)N(c4ccccc4C(=O)OC)C3)sc2c1. The summed E-state index contributed by atoms with van der Waals surface area (Å²) >= 11 is 1.42. The lowest BCUT2D eigenvalue weighted by molar-refractivity contribution is -0.122. The van der Waals surface area contributed by atoms with Gasteiger partial charge in [0, 0.05) is 13.0 Å². The summed E-state index contributed by atoms with van der Waals surface area (Å²) in [5.41, 5.74) is 2.80. The Morgan fingerprint density at radius 1 is 1.27 bits per heavy atom. The van der Waals surface area contributed by atoms with Crippen LogP contribution in [-0.2, 0) is 20.7 Å². The predicted octanol–water partition coefficient (Wildman–Crippen LogP) is 3.64. The summed E-state index contributed by atoms with van der Waals surface area (Å²) in [5.74, 6) is -1.51. The van der Waals surface area contributed by atoms with Crippen LogP contribution in [0.5, 0.6) is 0 Å². The average molecular weight is 423 g/mol. The summed E-state index contributed by atoms with van der Waals surface area (Å²) in [6, 6.07) is 12.8. The number of aryl methyl sites for hydroxylation is 1. The molecule has 1 aliphatic rings. The molecule has 1 N–H and O–H groups in total. The van der Waals surface area contributed by atoms with Gasteiger partial charge in [0.1, 0.15) is 0 Å². The highest BCUT2D eigenvalue weighted by atomic mass is 32.1. The second-order valence-corrected chi connectivity index (χ2v) is 8.11. The van der Waals surface area contributed by atoms with Crippen LogP contribution in [0.25, 0.3) is 10.2 Å². The highest BCUT2D eigenvalue weighted by Gasteiger charge is 2.37. The molecule has 0 spiro atoms. The summed E-state index contributed by atoms with van der Waals surface area (Å²) in [5, 5.41) is 3.37. The van der Waals surface area contributed by atoms with Crippen LogP contribution < -0.4 is 10.2 Å². The zero-order valence-corrected chi connectivity index (χ0v) is 17.5. The summed E-state index contributed by atoms with van der Waals surface area (Å²) in [7, 11) is 1.29. The summed E-state index contributed by atoms with van der Waals surface area (Å²) in [4.78, 5) is 43.4. The van der Waals surface area contributed by atoms with E-state index in [1.165, 1.54) is 28.9 Å². The molecular formula is C22H21N3O4S. The Hall–Kier alpha value is -3.26. The number of hydrogen-bond donors (Lipinski definition) is 1. The molecular weight excluding hydrogens is 402 g/mol. The van der Waals surface area contributed by atoms with Gasteiger partial charge in [-0.1, -0.05) is 36.5 Å². The number of ether oxygens (including phenoxy) is 1. The first kappa shape index (κ1) is 20.0. The van der Waals surface area contributed by atoms with E-state index in [-0.39, 0.29) is 24.8 Å². The number of rotatable bonds is 5. The Morgan fingerprint density at radius 3 is 2.83 bits per heavy atom. The standard InChI is InChI=1S/C22H21N3O4S/c1-3-13-8-9-16-18(10-13)30-22(23-16)24-20(27)14-11-19(26)25(12-14)17-7-5-4-6-15(17)21(28)29-2/h4-10,14H,3,11-12H2,1-2H3,(H,23,24,27). The molecule has 1 atom stereocenters. The molecule has 7 nitrogen and oxygen atoms in total. The van der Waals surface area contributed by atoms with Crippen LogP contribution in [0.15, 0.2) is 42.5 Å². The zero-order chi connectivity index (χ0) is 21.3. The molecule has 3 aromatic rings. The second kappa shape index (κ2) is 8.23. The predicted molar refractivity (Wildman–Crippen MR) is 116 cm³/mol. The van der Waals surface area contributed by atoms with E-state index in [9.17, 15) is 14.4 Å². The smallest absolute Gasteiger partial charge is 0.339 e. The Bertz CT molecular complexity index is 1140. The van der Waals surface area contributed by atoms with Crippen LogP contribution in [0.2, 0.25) is 0 Å². The molecule has 1 aromatic heterocycles. The second-order valence-electron chi connectivity index (χ2n) is 7.08. The van der Waals surface area contributed by atoms with Crippen molar-refractivity contribution < 1.29 is 19.1 Å². The highest BCUT2D eigenvalue weighted by Crippen LogP contribution is 2.31. The lowest BCUT2D eigenvalue weighted by Gasteiger charge is -2.19. The number of benzene rings is 2. The van der Waals surface area contributed by atoms with Crippen molar-refractivity contribution >= 4 is 50.2 Å². The van der Waals surface area contributed by atoms with Crippen LogP contribution in [0, 0.1) is 5.92 Å². The maximum atomic E-state index is 12.8. The number of methoxy groups -OCH3 is 1. The Labute approximate surface area is 177 Å². The topological polar surface area (TPSA) is 88.6 Å². The molecule has 154 valence electrons. The van der Waals surface area contributed by atoms with Crippen LogP contribution in [0.1, 0.15) is 29.3 Å². The van der Waals surface area contributed by atoms with Crippen LogP contribution in [-0.4, -0.2) is 36.4 Å². The largest absolute Gasteiger partial charge is 0.465 e. The lowest BCUT2D eigenvalue weighted by atomic mass is 10.1. The first-order valence-corrected chi connectivity index (χ1v) is 10.5. The zero-order valence-electron chi connectivity index (χ0n) is 16.7. The van der Waals surface area contributed by atoms with E-state index < -0.39 is 11.9 Å². The minimum absolute atomic E-state index is 0.0756. The molecule has 1 saturated heterocycles. The molecule has 1 unspecified atom stereocenters. The molecule has 30 heavy (non-hydrogen) atoms. The van der Waals surface area contributed by atoms with Crippen molar-refractivity contribution in [3.8, 4) is 0 Å². The first-order chi connectivity index (χ1) is 14.5. The van der Waals surface area contributed by atoms with E-state index >= 15 is 0 Å². The number of thiazole rings is 1. The van der Waals surface area contributed by atoms with Crippen molar-refractivity contribution in [2.75, 3.05) is 23.9 Å². The van der Waals surface area contributed by atoms with Crippen molar-refractivity contribution in [1.82, 2.24) is 4.98 Å². The van der Waals surface area contributed by atoms with E-state index in [4.69, 9.17) is 4.74 Å². The number of nitrogens with one attached hydrogen (secondary N) is 1. The number of nitrogens with zero attached hydrogens (tertiary/aromatic N) is 2. The van der Waals surface area contributed by atoms with Gasteiger partial charge >= 0.3 is 5.97 Å². The van der Waals surface area contributed by atoms with E-state index in [1.54, 1.807) is 24.3 Å². The molecule has 2 heterocycles. The number of para-hydroxylation sites is 1. The highest BCUT2D eigenvalue weighted by molar-refractivity contribution is 7.22. The van der Waals surface area contributed by atoms with Crippen molar-refractivity contribution in [3.05, 3.63) is 53.6 Å². The summed E-state index contributed by atoms with van der Waals surface area (Å²) in [6.45, 7) is 2.29. The van der Waals surface area contributed by atoms with Crippen molar-refractivity contribution in [2.45, 2.75) is 19.8 Å². The monoisotopic (exact) mass is 423 g/mol. The molecule has 1 aliphatic heterocycles. The Balaban J connectivity index is 1.51. The van der Waals surface area contributed by atoms with Gasteiger partial charge in [0.05, 0.1) is 34.5 Å². The molecule has 0 bridgehead atoms. The minimum atomic E-state index is -0.526. The van der Waals surface area contributed by atoms with Gasteiger partial charge in [-0.25, -0.2) is 9.78 Å². The minimum Gasteiger partial charge on any atom is -0.465 e. The summed E-state index contributed by atoms with van der Waals surface area (Å²) in [6.07, 6.45) is 1.01. The third kappa shape index (κ3) is 3.78. The maximum Gasteiger partial charge on any atom is 0.339 e. The number of carbonyl (C=O) groups is 3. The lowest BCUT2D eigenvalue weighted by Crippen LogP contribution is -2.29. The van der Waals surface area contributed by atoms with Crippen LogP contribution in [0.3, 0.4) is 0 Å². The molecule has 1 fully saturated rings. The van der Waals surface area contributed by atoms with Crippen molar-refractivity contribution in [1.29, 1.82) is 0 Å². The molecule has 4 rings (SSSR count). The van der Waals surface area contributed by atoms with Gasteiger partial charge < -0.3 is 15.0 Å². The molecule has 0 aliphatic carbocycles. The van der Waals surface area contributed by atoms with Gasteiger partial charge in [-0.3, -0.25) is 9.59 Å². The van der Waals surface area contributed by atoms with E-state index in [0.717, 1.165) is 16.6 Å². The summed E-state index contributed by atoms with van der Waals surface area (Å²) < 4.78 is 5.82. The number of hydrogen-bond acceptors (Lipinski definition) is 6. The normalized spacial score (nSPS) is 16.1. The van der Waals surface area contributed by atoms with Gasteiger partial charge in [-0.05, 0) is 36.2 Å². The molecule has 0 radical (unpaired) electrons. The quantitative estimate of drug-likeness (QED) is 0.633. The average Bonchev–Trinajstić information content (AvgIpc) is 3.35. The van der Waals surface area contributed by atoms with Gasteiger partial charge in [-0.2, -0.15) is 0 Å². The van der Waals surface area contributed by atoms with Gasteiger partial charge in [0.25, 0.3) is 0 Å². The fourth-order valence-corrected chi connectivity index (χ4v) is 4.49. The number of fused-ring (bicyclic) bond motifs is 1. The van der Waals surface area contributed by atoms with Gasteiger partial charge in [-0.15, -0.1) is 0 Å². The van der Waals surface area contributed by atoms with Crippen LogP contribution >= 0.6 is 11.3 Å². The van der Waals surface area contributed by atoms with Crippen molar-refractivity contribution in [3.63, 3.8) is 0 Å². The number of carbonyl (C=O) groups excluding carboxylic acids is 3. The third-order valence-electron chi connectivity index (χ3n) is 5.19. The van der Waals surface area contributed by atoms with Crippen molar-refractivity contribution in [2.24, 2.45) is 5.92 Å². The third-order valence-corrected chi connectivity index (χ3v) is 6.12. The van der Waals surface area contributed by atoms with E-state index in [2.05, 4.69) is 23.3 Å². The molecule has 2 amide bonds. The van der Waals surface area contributed by atoms with Gasteiger partial charge in [0.2, 0.25) is 11.8 Å². The fourth-order valence-electron chi connectivity index (χ4n) is 3.56. The maximum absolute atomic E-state index is 12.8. The Morgan fingerprint density at radius 2 is 2.07 bits per heavy atom. The van der Waals surface area contributed by atoms with E-state index in [1.807, 2.05) is 12.1 Å². The first-order valence-electron chi connectivity index (χ1n) is 9.68. The van der Waals surface area contributed by atoms with Gasteiger partial charge in [0.15, 0.2) is 5.13 Å². The number of aromatic nitrogens is 1.